The number of nitrogen functional groups attached to an aromatic ring is 1. The number of alkyl halides is 3. The molecule has 1 aliphatic carbocycles. The van der Waals surface area contributed by atoms with Crippen molar-refractivity contribution in [1.82, 2.24) is 5.32 Å². The molecule has 0 radical (unpaired) electrons. The maximum Gasteiger partial charge on any atom is 0.391 e. The summed E-state index contributed by atoms with van der Waals surface area (Å²) in [4.78, 5) is 14.3. The third-order valence-electron chi connectivity index (χ3n) is 4.81. The van der Waals surface area contributed by atoms with E-state index in [9.17, 15) is 18.0 Å². The molecule has 1 heterocycles. The van der Waals surface area contributed by atoms with Crippen LogP contribution in [0.15, 0.2) is 18.2 Å². The second-order valence-electron chi connectivity index (χ2n) is 6.73. The molecule has 1 aromatic rings. The van der Waals surface area contributed by atoms with Crippen LogP contribution in [0.25, 0.3) is 0 Å². The number of piperidine rings is 1. The molecule has 0 aromatic heterocycles. The van der Waals surface area contributed by atoms with Gasteiger partial charge < -0.3 is 16.0 Å². The Balaban J connectivity index is 1.72. The second-order valence-corrected chi connectivity index (χ2v) is 6.73. The van der Waals surface area contributed by atoms with E-state index in [2.05, 4.69) is 5.32 Å². The summed E-state index contributed by atoms with van der Waals surface area (Å²) >= 11 is 0. The Hall–Kier alpha value is -1.92. The first kappa shape index (κ1) is 16.9. The minimum atomic E-state index is -4.14. The largest absolute Gasteiger partial charge is 0.399 e. The molecule has 7 heteroatoms. The molecule has 1 amide bonds. The summed E-state index contributed by atoms with van der Waals surface area (Å²) in [5, 5.41) is 2.90. The number of anilines is 2. The third-order valence-corrected chi connectivity index (χ3v) is 4.81. The van der Waals surface area contributed by atoms with Crippen LogP contribution in [0.5, 0.6) is 0 Å². The molecule has 2 aliphatic rings. The number of benzene rings is 1. The summed E-state index contributed by atoms with van der Waals surface area (Å²) in [5.41, 5.74) is 7.38. The van der Waals surface area contributed by atoms with E-state index in [1.807, 2.05) is 4.90 Å². The van der Waals surface area contributed by atoms with E-state index >= 15 is 0 Å². The predicted molar refractivity (Wildman–Crippen MR) is 86.9 cm³/mol. The Morgan fingerprint density at radius 2 is 1.88 bits per heavy atom. The van der Waals surface area contributed by atoms with Gasteiger partial charge in [-0.15, -0.1) is 0 Å². The molecule has 0 spiro atoms. The van der Waals surface area contributed by atoms with Gasteiger partial charge in [-0.05, 0) is 49.8 Å². The summed E-state index contributed by atoms with van der Waals surface area (Å²) in [7, 11) is 0. The fourth-order valence-corrected chi connectivity index (χ4v) is 3.11. The molecular weight excluding hydrogens is 319 g/mol. The van der Waals surface area contributed by atoms with E-state index in [0.717, 1.165) is 12.8 Å². The van der Waals surface area contributed by atoms with Crippen molar-refractivity contribution in [2.45, 2.75) is 31.9 Å². The van der Waals surface area contributed by atoms with Crippen LogP contribution in [-0.2, 0) is 0 Å². The van der Waals surface area contributed by atoms with E-state index in [0.29, 0.717) is 29.4 Å². The average molecular weight is 341 g/mol. The Bertz CT molecular complexity index is 606. The minimum Gasteiger partial charge on any atom is -0.399 e. The zero-order chi connectivity index (χ0) is 17.3. The van der Waals surface area contributed by atoms with Gasteiger partial charge in [-0.25, -0.2) is 0 Å². The van der Waals surface area contributed by atoms with Crippen LogP contribution in [0.2, 0.25) is 0 Å². The number of halogens is 3. The highest BCUT2D eigenvalue weighted by molar-refractivity contribution is 6.00. The van der Waals surface area contributed by atoms with Crippen molar-refractivity contribution >= 4 is 17.3 Å². The number of carbonyl (C=O) groups is 1. The van der Waals surface area contributed by atoms with Crippen LogP contribution in [0.4, 0.5) is 24.5 Å². The van der Waals surface area contributed by atoms with E-state index < -0.39 is 12.1 Å². The summed E-state index contributed by atoms with van der Waals surface area (Å²) in [6, 6.07) is 5.02. The lowest BCUT2D eigenvalue weighted by Crippen LogP contribution is -2.40. The van der Waals surface area contributed by atoms with Gasteiger partial charge in [0.2, 0.25) is 0 Å². The normalized spacial score (nSPS) is 19.4. The van der Waals surface area contributed by atoms with Gasteiger partial charge in [0.05, 0.1) is 11.5 Å². The zero-order valence-electron chi connectivity index (χ0n) is 13.4. The van der Waals surface area contributed by atoms with Crippen LogP contribution < -0.4 is 16.0 Å². The molecule has 3 N–H and O–H groups in total. The van der Waals surface area contributed by atoms with Crippen molar-refractivity contribution in [2.75, 3.05) is 30.3 Å². The van der Waals surface area contributed by atoms with E-state index in [1.165, 1.54) is 0 Å². The smallest absolute Gasteiger partial charge is 0.391 e. The van der Waals surface area contributed by atoms with Gasteiger partial charge in [-0.3, -0.25) is 4.79 Å². The molecule has 0 atom stereocenters. The van der Waals surface area contributed by atoms with Gasteiger partial charge in [0.15, 0.2) is 0 Å². The molecule has 1 aromatic carbocycles. The van der Waals surface area contributed by atoms with Crippen molar-refractivity contribution in [3.05, 3.63) is 23.8 Å². The Kier molecular flexibility index (Phi) is 4.60. The first-order valence-electron chi connectivity index (χ1n) is 8.34. The van der Waals surface area contributed by atoms with E-state index in [4.69, 9.17) is 5.73 Å². The topological polar surface area (TPSA) is 58.4 Å². The van der Waals surface area contributed by atoms with Crippen LogP contribution in [0.1, 0.15) is 36.0 Å². The van der Waals surface area contributed by atoms with Gasteiger partial charge >= 0.3 is 6.18 Å². The molecule has 132 valence electrons. The highest BCUT2D eigenvalue weighted by Gasteiger charge is 2.41. The molecule has 3 rings (SSSR count). The fourth-order valence-electron chi connectivity index (χ4n) is 3.11. The highest BCUT2D eigenvalue weighted by atomic mass is 19.4. The quantitative estimate of drug-likeness (QED) is 0.827. The molecule has 1 aliphatic heterocycles. The monoisotopic (exact) mass is 341 g/mol. The fraction of sp³-hybridized carbons (Fsp3) is 0.588. The van der Waals surface area contributed by atoms with Gasteiger partial charge in [0.25, 0.3) is 5.91 Å². The molecule has 4 nitrogen and oxygen atoms in total. The number of hydrogen-bond acceptors (Lipinski definition) is 3. The first-order valence-corrected chi connectivity index (χ1v) is 8.34. The SMILES string of the molecule is Nc1ccc(N2CCC(C(F)(F)F)CC2)c(C(=O)NCC2CC2)c1. The van der Waals surface area contributed by atoms with Crippen LogP contribution in [0, 0.1) is 11.8 Å². The summed E-state index contributed by atoms with van der Waals surface area (Å²) in [6.07, 6.45) is -1.77. The van der Waals surface area contributed by atoms with E-state index in [-0.39, 0.29) is 31.8 Å². The number of nitrogens with two attached hydrogens (primary N) is 1. The lowest BCUT2D eigenvalue weighted by Gasteiger charge is -2.35. The number of hydrogen-bond donors (Lipinski definition) is 2. The highest BCUT2D eigenvalue weighted by Crippen LogP contribution is 2.36. The number of rotatable bonds is 4. The van der Waals surface area contributed by atoms with Crippen LogP contribution >= 0.6 is 0 Å². The van der Waals surface area contributed by atoms with Gasteiger partial charge in [-0.1, -0.05) is 0 Å². The van der Waals surface area contributed by atoms with E-state index in [1.54, 1.807) is 18.2 Å². The lowest BCUT2D eigenvalue weighted by atomic mass is 9.95. The maximum atomic E-state index is 12.8. The summed E-state index contributed by atoms with van der Waals surface area (Å²) < 4.78 is 38.4. The second kappa shape index (κ2) is 6.53. The van der Waals surface area contributed by atoms with Crippen molar-refractivity contribution in [3.8, 4) is 0 Å². The molecule has 1 saturated carbocycles. The number of carbonyl (C=O) groups excluding carboxylic acids is 1. The van der Waals surface area contributed by atoms with Gasteiger partial charge in [0, 0.05) is 31.0 Å². The van der Waals surface area contributed by atoms with Crippen LogP contribution in [0.3, 0.4) is 0 Å². The van der Waals surface area contributed by atoms with Crippen molar-refractivity contribution < 1.29 is 18.0 Å². The summed E-state index contributed by atoms with van der Waals surface area (Å²) in [5.74, 6) is -0.905. The molecule has 2 fully saturated rings. The third kappa shape index (κ3) is 3.94. The Morgan fingerprint density at radius 1 is 1.21 bits per heavy atom. The van der Waals surface area contributed by atoms with Crippen molar-refractivity contribution in [1.29, 1.82) is 0 Å². The maximum absolute atomic E-state index is 12.8. The number of nitrogens with one attached hydrogen (secondary N) is 1. The number of amides is 1. The molecule has 24 heavy (non-hydrogen) atoms. The van der Waals surface area contributed by atoms with Crippen LogP contribution in [-0.4, -0.2) is 31.7 Å². The molecular formula is C17H22F3N3O. The summed E-state index contributed by atoms with van der Waals surface area (Å²) in [6.45, 7) is 1.22. The minimum absolute atomic E-state index is 0.0526. The number of nitrogens with zero attached hydrogens (tertiary/aromatic N) is 1. The average Bonchev–Trinajstić information content (AvgIpc) is 3.36. The molecule has 0 unspecified atom stereocenters. The molecule has 1 saturated heterocycles. The zero-order valence-corrected chi connectivity index (χ0v) is 13.4. The van der Waals surface area contributed by atoms with Crippen molar-refractivity contribution in [3.63, 3.8) is 0 Å². The Morgan fingerprint density at radius 3 is 2.46 bits per heavy atom. The predicted octanol–water partition coefficient (Wildman–Crippen LogP) is 3.19. The standard InChI is InChI=1S/C17H22F3N3O/c18-17(19,20)12-5-7-23(8-6-12)15-4-3-13(21)9-14(15)16(24)22-10-11-1-2-11/h3-4,9,11-12H,1-2,5-8,10,21H2,(H,22,24). The van der Waals surface area contributed by atoms with Crippen molar-refractivity contribution in [2.24, 2.45) is 11.8 Å². The van der Waals surface area contributed by atoms with Gasteiger partial charge in [0.1, 0.15) is 0 Å². The molecule has 0 bridgehead atoms. The lowest BCUT2D eigenvalue weighted by molar-refractivity contribution is -0.179. The first-order chi connectivity index (χ1) is 11.3. The van der Waals surface area contributed by atoms with Gasteiger partial charge in [-0.2, -0.15) is 13.2 Å². The Labute approximate surface area is 139 Å².